The van der Waals surface area contributed by atoms with Crippen LogP contribution in [0.2, 0.25) is 0 Å². The number of ether oxygens (including phenoxy) is 1. The molecule has 3 aromatic heterocycles. The minimum absolute atomic E-state index is 0.0794. The first-order chi connectivity index (χ1) is 33.8. The summed E-state index contributed by atoms with van der Waals surface area (Å²) in [6.45, 7) is 15.7. The van der Waals surface area contributed by atoms with Crippen molar-refractivity contribution in [3.63, 3.8) is 0 Å². The van der Waals surface area contributed by atoms with Gasteiger partial charge in [0, 0.05) is 90.9 Å². The van der Waals surface area contributed by atoms with Crippen LogP contribution in [0.25, 0.3) is 22.0 Å². The van der Waals surface area contributed by atoms with E-state index in [9.17, 15) is 28.8 Å². The number of rotatable bonds is 21. The molecule has 5 aromatic rings. The Hall–Kier alpha value is -6.61. The molecule has 2 saturated heterocycles. The number of pyridine rings is 2. The molecule has 0 radical (unpaired) electrons. The van der Waals surface area contributed by atoms with Gasteiger partial charge in [-0.2, -0.15) is 0 Å². The largest absolute Gasteiger partial charge is 0.493 e. The fourth-order valence-electron chi connectivity index (χ4n) is 10.3. The number of aromatic amines is 1. The van der Waals surface area contributed by atoms with Crippen LogP contribution in [-0.2, 0) is 16.1 Å². The Bertz CT molecular complexity index is 2810. The number of amides is 5. The molecule has 3 aliphatic heterocycles. The van der Waals surface area contributed by atoms with Crippen LogP contribution in [0, 0.1) is 20.8 Å². The molecule has 3 N–H and O–H groups in total. The number of benzene rings is 2. The summed E-state index contributed by atoms with van der Waals surface area (Å²) in [6.07, 6.45) is 15.4. The highest BCUT2D eigenvalue weighted by molar-refractivity contribution is 6.24. The summed E-state index contributed by atoms with van der Waals surface area (Å²) in [5, 5.41) is 6.20. The number of H-pyrrole nitrogens is 1. The van der Waals surface area contributed by atoms with E-state index < -0.39 is 29.7 Å². The number of carbonyl (C=O) groups excluding carboxylic acids is 5. The lowest BCUT2D eigenvalue weighted by atomic mass is 9.98. The zero-order chi connectivity index (χ0) is 49.5. The maximum atomic E-state index is 14.0. The van der Waals surface area contributed by atoms with Gasteiger partial charge in [0.15, 0.2) is 0 Å². The summed E-state index contributed by atoms with van der Waals surface area (Å²) >= 11 is 0. The highest BCUT2D eigenvalue weighted by atomic mass is 16.5. The van der Waals surface area contributed by atoms with Crippen LogP contribution in [0.15, 0.2) is 65.7 Å². The molecule has 2 fully saturated rings. The van der Waals surface area contributed by atoms with E-state index in [1.165, 1.54) is 38.5 Å². The van der Waals surface area contributed by atoms with Gasteiger partial charge in [-0.3, -0.25) is 43.9 Å². The number of fused-ring (bicyclic) bond motifs is 2. The molecule has 0 spiro atoms. The standard InChI is InChI=1S/C55H68N8O7/c1-6-38(5)62-34-36(3)49-42(51(65)57-33-43-35(2)29-37(4)58-52(43)66)30-40(31-45(49)62)39-19-21-47(56-32-39)61-26-24-60(25-27-61)23-14-12-10-8-7-9-11-13-15-28-70-46-18-16-17-41-50(46)55(69)63(54(41)68)44-20-22-48(64)59-53(44)67/h16-19,21,29-32,34,38,44H,6-15,20,22-28,33H2,1-5H3,(H,57,65)(H,58,66)(H,59,64,67)/t38-,44?/m0/s1. The van der Waals surface area contributed by atoms with Crippen molar-refractivity contribution in [2.75, 3.05) is 44.2 Å². The fraction of sp³-hybridized carbons (Fsp3) is 0.473. The molecule has 1 unspecified atom stereocenters. The molecule has 370 valence electrons. The quantitative estimate of drug-likeness (QED) is 0.0479. The molecule has 5 amide bonds. The molecule has 0 bridgehead atoms. The van der Waals surface area contributed by atoms with Crippen molar-refractivity contribution in [1.82, 2.24) is 35.0 Å². The second-order valence-electron chi connectivity index (χ2n) is 19.4. The maximum Gasteiger partial charge on any atom is 0.266 e. The van der Waals surface area contributed by atoms with E-state index in [0.717, 1.165) is 108 Å². The molecule has 2 atom stereocenters. The number of aryl methyl sites for hydroxylation is 3. The molecule has 2 aromatic carbocycles. The summed E-state index contributed by atoms with van der Waals surface area (Å²) in [5.74, 6) is -1.01. The number of hydrogen-bond donors (Lipinski definition) is 3. The third-order valence-corrected chi connectivity index (χ3v) is 14.4. The molecule has 0 aliphatic carbocycles. The second-order valence-corrected chi connectivity index (χ2v) is 19.4. The first-order valence-corrected chi connectivity index (χ1v) is 25.4. The van der Waals surface area contributed by atoms with Crippen molar-refractivity contribution < 1.29 is 28.7 Å². The van der Waals surface area contributed by atoms with E-state index in [2.05, 4.69) is 75.2 Å². The number of piperazine rings is 1. The first kappa shape index (κ1) is 49.8. The predicted octanol–water partition coefficient (Wildman–Crippen LogP) is 8.33. The number of nitrogens with one attached hydrogen (secondary N) is 3. The zero-order valence-corrected chi connectivity index (χ0v) is 41.5. The molecule has 0 saturated carbocycles. The van der Waals surface area contributed by atoms with E-state index in [-0.39, 0.29) is 48.0 Å². The van der Waals surface area contributed by atoms with Crippen LogP contribution in [0.1, 0.15) is 150 Å². The summed E-state index contributed by atoms with van der Waals surface area (Å²) in [6, 6.07) is 14.5. The van der Waals surface area contributed by atoms with Crippen LogP contribution >= 0.6 is 0 Å². The molecule has 8 rings (SSSR count). The van der Waals surface area contributed by atoms with Crippen molar-refractivity contribution >= 4 is 46.3 Å². The van der Waals surface area contributed by atoms with Crippen LogP contribution in [0.3, 0.4) is 0 Å². The van der Waals surface area contributed by atoms with E-state index in [1.54, 1.807) is 18.2 Å². The molecule has 15 heteroatoms. The third-order valence-electron chi connectivity index (χ3n) is 14.4. The number of piperidine rings is 1. The Balaban J connectivity index is 0.736. The minimum Gasteiger partial charge on any atom is -0.493 e. The summed E-state index contributed by atoms with van der Waals surface area (Å²) in [4.78, 5) is 90.8. The van der Waals surface area contributed by atoms with Gasteiger partial charge >= 0.3 is 0 Å². The normalized spacial score (nSPS) is 16.8. The number of anilines is 1. The summed E-state index contributed by atoms with van der Waals surface area (Å²) in [7, 11) is 0. The monoisotopic (exact) mass is 953 g/mol. The van der Waals surface area contributed by atoms with E-state index in [0.29, 0.717) is 23.5 Å². The summed E-state index contributed by atoms with van der Waals surface area (Å²) in [5.41, 5.74) is 6.94. The van der Waals surface area contributed by atoms with Gasteiger partial charge in [-0.15, -0.1) is 0 Å². The third kappa shape index (κ3) is 11.0. The van der Waals surface area contributed by atoms with Crippen LogP contribution < -0.4 is 25.8 Å². The lowest BCUT2D eigenvalue weighted by molar-refractivity contribution is -0.136. The van der Waals surface area contributed by atoms with Gasteiger partial charge in [0.05, 0.1) is 17.7 Å². The van der Waals surface area contributed by atoms with Gasteiger partial charge in [-0.25, -0.2) is 4.98 Å². The van der Waals surface area contributed by atoms with Crippen molar-refractivity contribution in [2.24, 2.45) is 0 Å². The smallest absolute Gasteiger partial charge is 0.266 e. The molecule has 3 aliphatic rings. The van der Waals surface area contributed by atoms with Crippen LogP contribution in [0.5, 0.6) is 5.75 Å². The Labute approximate surface area is 410 Å². The van der Waals surface area contributed by atoms with Crippen molar-refractivity contribution in [3.05, 3.63) is 110 Å². The molecular weight excluding hydrogens is 885 g/mol. The van der Waals surface area contributed by atoms with Crippen LogP contribution in [-0.4, -0.2) is 99.2 Å². The average molecular weight is 953 g/mol. The Morgan fingerprint density at radius 3 is 2.26 bits per heavy atom. The highest BCUT2D eigenvalue weighted by Gasteiger charge is 2.46. The summed E-state index contributed by atoms with van der Waals surface area (Å²) < 4.78 is 8.26. The number of carbonyl (C=O) groups is 5. The van der Waals surface area contributed by atoms with E-state index in [1.807, 2.05) is 32.2 Å². The highest BCUT2D eigenvalue weighted by Crippen LogP contribution is 2.36. The van der Waals surface area contributed by atoms with E-state index in [4.69, 9.17) is 9.72 Å². The topological polar surface area (TPSA) is 179 Å². The number of imide groups is 2. The van der Waals surface area contributed by atoms with Crippen molar-refractivity contribution in [2.45, 2.75) is 130 Å². The van der Waals surface area contributed by atoms with Gasteiger partial charge in [-0.1, -0.05) is 57.9 Å². The number of aromatic nitrogens is 3. The van der Waals surface area contributed by atoms with E-state index >= 15 is 0 Å². The first-order valence-electron chi connectivity index (χ1n) is 25.4. The number of nitrogens with zero attached hydrogens (tertiary/aromatic N) is 5. The fourth-order valence-corrected chi connectivity index (χ4v) is 10.3. The van der Waals surface area contributed by atoms with Crippen molar-refractivity contribution in [3.8, 4) is 16.9 Å². The van der Waals surface area contributed by atoms with Crippen LogP contribution in [0.4, 0.5) is 5.82 Å². The molecule has 70 heavy (non-hydrogen) atoms. The maximum absolute atomic E-state index is 14.0. The molecular formula is C55H68N8O7. The minimum atomic E-state index is -0.999. The number of unbranched alkanes of at least 4 members (excludes halogenated alkanes) is 8. The predicted molar refractivity (Wildman–Crippen MR) is 271 cm³/mol. The molecule has 6 heterocycles. The molecule has 15 nitrogen and oxygen atoms in total. The average Bonchev–Trinajstić information content (AvgIpc) is 3.82. The zero-order valence-electron chi connectivity index (χ0n) is 41.5. The van der Waals surface area contributed by atoms with Gasteiger partial charge in [0.1, 0.15) is 17.6 Å². The lowest BCUT2D eigenvalue weighted by Gasteiger charge is -2.35. The number of hydrogen-bond acceptors (Lipinski definition) is 10. The SMILES string of the molecule is CC[C@H](C)n1cc(C)c2c(C(=O)NCc3c(C)cc(C)[nH]c3=O)cc(-c3ccc(N4CCN(CCCCCCCCCCCOc5cccc6c5C(=O)N(C5CCC(=O)NC5=O)C6=O)CC4)nc3)cc21. The lowest BCUT2D eigenvalue weighted by Crippen LogP contribution is -2.54. The second kappa shape index (κ2) is 22.4. The Kier molecular flexibility index (Phi) is 16.0. The van der Waals surface area contributed by atoms with Crippen molar-refractivity contribution in [1.29, 1.82) is 0 Å². The van der Waals surface area contributed by atoms with Gasteiger partial charge in [0.25, 0.3) is 23.3 Å². The van der Waals surface area contributed by atoms with Gasteiger partial charge < -0.3 is 24.5 Å². The van der Waals surface area contributed by atoms with Gasteiger partial charge in [0.2, 0.25) is 11.8 Å². The Morgan fingerprint density at radius 1 is 0.843 bits per heavy atom. The Morgan fingerprint density at radius 2 is 1.57 bits per heavy atom. The van der Waals surface area contributed by atoms with Gasteiger partial charge in [-0.05, 0) is 119 Å².